The zero-order chi connectivity index (χ0) is 14.5. The predicted molar refractivity (Wildman–Crippen MR) is 83.6 cm³/mol. The minimum Gasteiger partial charge on any atom is -0.342 e. The van der Waals surface area contributed by atoms with Crippen LogP contribution in [0.4, 0.5) is 0 Å². The van der Waals surface area contributed by atoms with Gasteiger partial charge >= 0.3 is 0 Å². The van der Waals surface area contributed by atoms with Gasteiger partial charge in [-0.15, -0.1) is 6.42 Å². The summed E-state index contributed by atoms with van der Waals surface area (Å²) in [6.07, 6.45) is 8.31. The summed E-state index contributed by atoms with van der Waals surface area (Å²) < 4.78 is 2.99. The van der Waals surface area contributed by atoms with E-state index in [0.29, 0.717) is 6.54 Å². The third kappa shape index (κ3) is 3.44. The van der Waals surface area contributed by atoms with Crippen molar-refractivity contribution in [1.82, 2.24) is 14.4 Å². The summed E-state index contributed by atoms with van der Waals surface area (Å²) in [7, 11) is 0. The normalized spacial score (nSPS) is 16.1. The van der Waals surface area contributed by atoms with E-state index in [0.717, 1.165) is 49.3 Å². The third-order valence-electron chi connectivity index (χ3n) is 3.52. The number of terminal acetylenes is 1. The molecule has 0 N–H and O–H groups in total. The van der Waals surface area contributed by atoms with Gasteiger partial charge < -0.3 is 9.47 Å². The maximum absolute atomic E-state index is 12.6. The molecule has 1 aliphatic heterocycles. The quantitative estimate of drug-likeness (QED) is 0.786. The second-order valence-electron chi connectivity index (χ2n) is 5.01. The van der Waals surface area contributed by atoms with Gasteiger partial charge in [0.05, 0.1) is 6.54 Å². The van der Waals surface area contributed by atoms with Crippen LogP contribution in [0.5, 0.6) is 0 Å². The molecule has 0 radical (unpaired) electrons. The molecule has 0 bridgehead atoms. The molecule has 1 saturated heterocycles. The fourth-order valence-electron chi connectivity index (χ4n) is 2.48. The Labute approximate surface area is 128 Å². The second kappa shape index (κ2) is 6.96. The van der Waals surface area contributed by atoms with Gasteiger partial charge in [0.15, 0.2) is 0 Å². The van der Waals surface area contributed by atoms with Crippen molar-refractivity contribution in [2.45, 2.75) is 19.9 Å². The molecule has 1 aromatic rings. The second-order valence-corrected chi connectivity index (χ2v) is 5.93. The fourth-order valence-corrected chi connectivity index (χ4v) is 2.94. The van der Waals surface area contributed by atoms with Crippen molar-refractivity contribution < 1.29 is 4.79 Å². The molecule has 0 saturated carbocycles. The molecule has 108 valence electrons. The Morgan fingerprint density at radius 3 is 2.70 bits per heavy atom. The molecule has 0 unspecified atom stereocenters. The van der Waals surface area contributed by atoms with E-state index in [1.165, 1.54) is 0 Å². The number of rotatable bonds is 4. The maximum atomic E-state index is 12.6. The Morgan fingerprint density at radius 2 is 2.10 bits per heavy atom. The number of carbonyl (C=O) groups excluding carboxylic acids is 1. The number of piperazine rings is 1. The molecule has 4 nitrogen and oxygen atoms in total. The van der Waals surface area contributed by atoms with Gasteiger partial charge in [0.1, 0.15) is 5.69 Å². The van der Waals surface area contributed by atoms with E-state index in [9.17, 15) is 4.79 Å². The van der Waals surface area contributed by atoms with Gasteiger partial charge in [0.25, 0.3) is 5.91 Å². The van der Waals surface area contributed by atoms with Crippen molar-refractivity contribution in [3.8, 4) is 12.3 Å². The number of hydrogen-bond acceptors (Lipinski definition) is 2. The Hall–Kier alpha value is -1.25. The minimum absolute atomic E-state index is 0.115. The van der Waals surface area contributed by atoms with Crippen molar-refractivity contribution >= 4 is 21.8 Å². The third-order valence-corrected chi connectivity index (χ3v) is 3.95. The van der Waals surface area contributed by atoms with E-state index in [4.69, 9.17) is 6.42 Å². The predicted octanol–water partition coefficient (Wildman–Crippen LogP) is 2.05. The molecular weight excluding hydrogens is 318 g/mol. The zero-order valence-electron chi connectivity index (χ0n) is 11.8. The number of aryl methyl sites for hydroxylation is 1. The van der Waals surface area contributed by atoms with Gasteiger partial charge in [-0.05, 0) is 28.4 Å². The van der Waals surface area contributed by atoms with Crippen molar-refractivity contribution in [3.05, 3.63) is 22.4 Å². The van der Waals surface area contributed by atoms with E-state index in [2.05, 4.69) is 33.7 Å². The molecule has 0 aromatic carbocycles. The topological polar surface area (TPSA) is 28.5 Å². The summed E-state index contributed by atoms with van der Waals surface area (Å²) in [5.41, 5.74) is 0.768. The first-order valence-electron chi connectivity index (χ1n) is 6.96. The molecule has 0 atom stereocenters. The maximum Gasteiger partial charge on any atom is 0.270 e. The molecule has 2 heterocycles. The molecule has 0 spiro atoms. The number of aromatic nitrogens is 1. The number of nitrogens with zero attached hydrogens (tertiary/aromatic N) is 3. The SMILES string of the molecule is C#CCN1CCN(C(=O)c2cc(Br)cn2CCC)CC1. The van der Waals surface area contributed by atoms with Crippen molar-refractivity contribution in [3.63, 3.8) is 0 Å². The van der Waals surface area contributed by atoms with E-state index in [1.54, 1.807) is 0 Å². The summed E-state index contributed by atoms with van der Waals surface area (Å²) in [4.78, 5) is 16.7. The summed E-state index contributed by atoms with van der Waals surface area (Å²) in [5.74, 6) is 2.77. The highest BCUT2D eigenvalue weighted by atomic mass is 79.9. The van der Waals surface area contributed by atoms with Gasteiger partial charge in [-0.2, -0.15) is 0 Å². The molecular formula is C15H20BrN3O. The largest absolute Gasteiger partial charge is 0.342 e. The summed E-state index contributed by atoms with van der Waals surface area (Å²) in [6.45, 7) is 6.84. The van der Waals surface area contributed by atoms with Crippen LogP contribution in [0.25, 0.3) is 0 Å². The van der Waals surface area contributed by atoms with Crippen LogP contribution < -0.4 is 0 Å². The van der Waals surface area contributed by atoms with E-state index < -0.39 is 0 Å². The highest BCUT2D eigenvalue weighted by Gasteiger charge is 2.24. The molecule has 1 amide bonds. The highest BCUT2D eigenvalue weighted by molar-refractivity contribution is 9.10. The first-order chi connectivity index (χ1) is 9.65. The Bertz CT molecular complexity index is 510. The molecule has 5 heteroatoms. The van der Waals surface area contributed by atoms with Crippen LogP contribution in [0, 0.1) is 12.3 Å². The van der Waals surface area contributed by atoms with Crippen molar-refractivity contribution in [1.29, 1.82) is 0 Å². The molecule has 0 aliphatic carbocycles. The van der Waals surface area contributed by atoms with Crippen LogP contribution in [-0.4, -0.2) is 53.0 Å². The average molecular weight is 338 g/mol. The van der Waals surface area contributed by atoms with E-state index in [1.807, 2.05) is 21.7 Å². The first kappa shape index (κ1) is 15.1. The van der Waals surface area contributed by atoms with Gasteiger partial charge in [-0.1, -0.05) is 12.8 Å². The van der Waals surface area contributed by atoms with Crippen LogP contribution in [0.1, 0.15) is 23.8 Å². The lowest BCUT2D eigenvalue weighted by Gasteiger charge is -2.33. The van der Waals surface area contributed by atoms with Crippen molar-refractivity contribution in [2.75, 3.05) is 32.7 Å². The zero-order valence-corrected chi connectivity index (χ0v) is 13.4. The highest BCUT2D eigenvalue weighted by Crippen LogP contribution is 2.18. The van der Waals surface area contributed by atoms with Gasteiger partial charge in [-0.25, -0.2) is 0 Å². The molecule has 1 aromatic heterocycles. The lowest BCUT2D eigenvalue weighted by atomic mass is 10.2. The number of amides is 1. The average Bonchev–Trinajstić information content (AvgIpc) is 2.81. The monoisotopic (exact) mass is 337 g/mol. The van der Waals surface area contributed by atoms with Crippen LogP contribution >= 0.6 is 15.9 Å². The Kier molecular flexibility index (Phi) is 5.27. The van der Waals surface area contributed by atoms with Crippen molar-refractivity contribution in [2.24, 2.45) is 0 Å². The summed E-state index contributed by atoms with van der Waals surface area (Å²) in [5, 5.41) is 0. The molecule has 1 fully saturated rings. The number of hydrogen-bond donors (Lipinski definition) is 0. The van der Waals surface area contributed by atoms with Crippen LogP contribution in [0.2, 0.25) is 0 Å². The number of carbonyl (C=O) groups is 1. The summed E-state index contributed by atoms with van der Waals surface area (Å²) in [6, 6.07) is 1.91. The number of halogens is 1. The minimum atomic E-state index is 0.115. The smallest absolute Gasteiger partial charge is 0.270 e. The van der Waals surface area contributed by atoms with Gasteiger partial charge in [0, 0.05) is 43.4 Å². The van der Waals surface area contributed by atoms with Crippen LogP contribution in [0.15, 0.2) is 16.7 Å². The van der Waals surface area contributed by atoms with E-state index in [-0.39, 0.29) is 5.91 Å². The first-order valence-corrected chi connectivity index (χ1v) is 7.75. The van der Waals surface area contributed by atoms with E-state index >= 15 is 0 Å². The summed E-state index contributed by atoms with van der Waals surface area (Å²) >= 11 is 3.45. The lowest BCUT2D eigenvalue weighted by molar-refractivity contribution is 0.0641. The fraction of sp³-hybridized carbons (Fsp3) is 0.533. The Morgan fingerprint density at radius 1 is 1.40 bits per heavy atom. The molecule has 2 rings (SSSR count). The Balaban J connectivity index is 2.04. The van der Waals surface area contributed by atoms with Crippen LogP contribution in [0.3, 0.4) is 0 Å². The molecule has 1 aliphatic rings. The molecule has 20 heavy (non-hydrogen) atoms. The van der Waals surface area contributed by atoms with Gasteiger partial charge in [-0.3, -0.25) is 9.69 Å². The van der Waals surface area contributed by atoms with Crippen LogP contribution in [-0.2, 0) is 6.54 Å². The van der Waals surface area contributed by atoms with Gasteiger partial charge in [0.2, 0.25) is 0 Å². The standard InChI is InChI=1S/C15H20BrN3O/c1-3-5-17-7-9-18(10-8-17)15(20)14-11-13(16)12-19(14)6-4-2/h1,11-12H,4-10H2,2H3. The lowest BCUT2D eigenvalue weighted by Crippen LogP contribution is -2.49.